The number of fused-ring (bicyclic) bond motifs is 5. The Morgan fingerprint density at radius 3 is 2.92 bits per heavy atom. The second-order valence-corrected chi connectivity index (χ2v) is 6.58. The summed E-state index contributed by atoms with van der Waals surface area (Å²) in [5, 5.41) is 3.96. The van der Waals surface area contributed by atoms with Crippen molar-refractivity contribution in [1.82, 2.24) is 19.7 Å². The molecule has 0 unspecified atom stereocenters. The third-order valence-electron chi connectivity index (χ3n) is 4.44. The van der Waals surface area contributed by atoms with Gasteiger partial charge in [-0.2, -0.15) is 0 Å². The number of benzene rings is 2. The molecule has 5 rings (SSSR count). The molecule has 0 bridgehead atoms. The number of nitrogens with zero attached hydrogens (tertiary/aromatic N) is 2. The number of rotatable bonds is 2. The lowest BCUT2D eigenvalue weighted by atomic mass is 10.1. The van der Waals surface area contributed by atoms with E-state index in [2.05, 4.69) is 10.3 Å². The van der Waals surface area contributed by atoms with Gasteiger partial charge in [0.2, 0.25) is 0 Å². The molecule has 1 fully saturated rings. The van der Waals surface area contributed by atoms with Crippen LogP contribution in [0.4, 0.5) is 0 Å². The van der Waals surface area contributed by atoms with E-state index in [0.717, 1.165) is 40.4 Å². The zero-order valence-electron chi connectivity index (χ0n) is 12.7. The molecule has 2 aromatic carbocycles. The first-order valence-electron chi connectivity index (χ1n) is 7.95. The highest BCUT2D eigenvalue weighted by molar-refractivity contribution is 7.71. The first-order valence-corrected chi connectivity index (χ1v) is 8.36. The van der Waals surface area contributed by atoms with Gasteiger partial charge in [0, 0.05) is 17.0 Å². The monoisotopic (exact) mass is 334 g/mol. The zero-order valence-corrected chi connectivity index (χ0v) is 13.6. The van der Waals surface area contributed by atoms with Crippen LogP contribution in [0.1, 0.15) is 23.2 Å². The maximum atomic E-state index is 12.3. The highest BCUT2D eigenvalue weighted by atomic mass is 32.1. The van der Waals surface area contributed by atoms with Gasteiger partial charge < -0.3 is 10.3 Å². The number of para-hydroxylation sites is 2. The predicted molar refractivity (Wildman–Crippen MR) is 95.9 cm³/mol. The van der Waals surface area contributed by atoms with Gasteiger partial charge in [0.15, 0.2) is 4.77 Å². The second kappa shape index (κ2) is 4.88. The minimum Gasteiger partial charge on any atom is -0.349 e. The van der Waals surface area contributed by atoms with Crippen LogP contribution in [0.25, 0.3) is 27.6 Å². The van der Waals surface area contributed by atoms with E-state index in [1.165, 1.54) is 0 Å². The van der Waals surface area contributed by atoms with E-state index in [1.807, 2.05) is 46.9 Å². The Bertz CT molecular complexity index is 1190. The predicted octanol–water partition coefficient (Wildman–Crippen LogP) is 3.59. The molecule has 0 radical (unpaired) electrons. The first kappa shape index (κ1) is 13.7. The number of amides is 1. The fraction of sp³-hybridized carbons (Fsp3) is 0.167. The van der Waals surface area contributed by atoms with Crippen LogP contribution in [0.2, 0.25) is 0 Å². The number of imidazole rings is 1. The third kappa shape index (κ3) is 2.03. The lowest BCUT2D eigenvalue weighted by Gasteiger charge is -2.06. The molecule has 1 amide bonds. The first-order chi connectivity index (χ1) is 11.7. The third-order valence-corrected chi connectivity index (χ3v) is 4.73. The molecule has 6 heteroatoms. The molecule has 1 aliphatic rings. The van der Waals surface area contributed by atoms with Crippen molar-refractivity contribution in [1.29, 1.82) is 0 Å². The summed E-state index contributed by atoms with van der Waals surface area (Å²) in [4.78, 5) is 20.2. The van der Waals surface area contributed by atoms with Gasteiger partial charge in [0.25, 0.3) is 5.91 Å². The molecule has 0 saturated heterocycles. The minimum absolute atomic E-state index is 0.0351. The van der Waals surface area contributed by atoms with E-state index in [9.17, 15) is 4.79 Å². The van der Waals surface area contributed by atoms with Crippen LogP contribution in [-0.4, -0.2) is 26.3 Å². The largest absolute Gasteiger partial charge is 0.349 e. The number of nitrogens with one attached hydrogen (secondary N) is 2. The van der Waals surface area contributed by atoms with Crippen molar-refractivity contribution in [3.05, 3.63) is 52.8 Å². The number of hydrogen-bond donors (Lipinski definition) is 2. The van der Waals surface area contributed by atoms with Gasteiger partial charge in [0.1, 0.15) is 5.65 Å². The quantitative estimate of drug-likeness (QED) is 0.551. The lowest BCUT2D eigenvalue weighted by molar-refractivity contribution is 0.0951. The summed E-state index contributed by atoms with van der Waals surface area (Å²) in [5.41, 5.74) is 4.15. The summed E-state index contributed by atoms with van der Waals surface area (Å²) in [5.74, 6) is -0.0351. The fourth-order valence-electron chi connectivity index (χ4n) is 3.06. The van der Waals surface area contributed by atoms with Crippen molar-refractivity contribution in [2.75, 3.05) is 0 Å². The highest BCUT2D eigenvalue weighted by Gasteiger charge is 2.24. The van der Waals surface area contributed by atoms with Crippen LogP contribution in [0, 0.1) is 4.77 Å². The second-order valence-electron chi connectivity index (χ2n) is 6.20. The molecule has 2 N–H and O–H groups in total. The summed E-state index contributed by atoms with van der Waals surface area (Å²) in [6.45, 7) is 0. The Morgan fingerprint density at radius 1 is 1.25 bits per heavy atom. The topological polar surface area (TPSA) is 62.2 Å². The summed E-state index contributed by atoms with van der Waals surface area (Å²) < 4.78 is 2.52. The maximum Gasteiger partial charge on any atom is 0.251 e. The van der Waals surface area contributed by atoms with Crippen molar-refractivity contribution in [2.45, 2.75) is 18.9 Å². The molecule has 24 heavy (non-hydrogen) atoms. The molecule has 1 saturated carbocycles. The van der Waals surface area contributed by atoms with Crippen LogP contribution < -0.4 is 5.32 Å². The van der Waals surface area contributed by atoms with Crippen LogP contribution >= 0.6 is 12.2 Å². The summed E-state index contributed by atoms with van der Waals surface area (Å²) >= 11 is 5.52. The highest BCUT2D eigenvalue weighted by Crippen LogP contribution is 2.25. The average Bonchev–Trinajstić information content (AvgIpc) is 3.31. The molecule has 5 nitrogen and oxygen atoms in total. The smallest absolute Gasteiger partial charge is 0.251 e. The van der Waals surface area contributed by atoms with E-state index < -0.39 is 0 Å². The van der Waals surface area contributed by atoms with Gasteiger partial charge in [-0.15, -0.1) is 0 Å². The molecule has 4 aromatic rings. The SMILES string of the molecule is O=C(NC1CC1)c1ccc2c(c1)[nH]c(=S)n1c3ccccc3nc21. The Balaban J connectivity index is 1.76. The van der Waals surface area contributed by atoms with E-state index >= 15 is 0 Å². The molecule has 0 atom stereocenters. The van der Waals surface area contributed by atoms with E-state index in [1.54, 1.807) is 0 Å². The van der Waals surface area contributed by atoms with Crippen molar-refractivity contribution < 1.29 is 4.79 Å². The van der Waals surface area contributed by atoms with Crippen molar-refractivity contribution in [3.63, 3.8) is 0 Å². The fourth-order valence-corrected chi connectivity index (χ4v) is 3.36. The summed E-state index contributed by atoms with van der Waals surface area (Å²) in [6.07, 6.45) is 2.14. The Hall–Kier alpha value is -2.73. The molecular formula is C18H14N4OS. The number of H-pyrrole nitrogens is 1. The molecular weight excluding hydrogens is 320 g/mol. The minimum atomic E-state index is -0.0351. The van der Waals surface area contributed by atoms with Crippen LogP contribution in [0.5, 0.6) is 0 Å². The number of aromatic nitrogens is 3. The number of carbonyl (C=O) groups is 1. The van der Waals surface area contributed by atoms with Crippen molar-refractivity contribution in [3.8, 4) is 0 Å². The van der Waals surface area contributed by atoms with Gasteiger partial charge in [0.05, 0.1) is 16.6 Å². The molecule has 0 spiro atoms. The summed E-state index contributed by atoms with van der Waals surface area (Å²) in [6, 6.07) is 13.9. The number of aromatic amines is 1. The standard InChI is InChI=1S/C18H14N4OS/c23-17(19-11-6-7-11)10-5-8-12-14(9-10)21-18(24)22-15-4-2-1-3-13(15)20-16(12)22/h1-5,8-9,11H,6-7H2,(H,19,23)(H,21,24). The van der Waals surface area contributed by atoms with Gasteiger partial charge >= 0.3 is 0 Å². The zero-order chi connectivity index (χ0) is 16.3. The van der Waals surface area contributed by atoms with E-state index in [4.69, 9.17) is 17.2 Å². The van der Waals surface area contributed by atoms with Crippen molar-refractivity contribution in [2.24, 2.45) is 0 Å². The van der Waals surface area contributed by atoms with Gasteiger partial charge in [-0.1, -0.05) is 12.1 Å². The average molecular weight is 334 g/mol. The van der Waals surface area contributed by atoms with Gasteiger partial charge in [-0.3, -0.25) is 9.20 Å². The van der Waals surface area contributed by atoms with Gasteiger partial charge in [-0.25, -0.2) is 4.98 Å². The molecule has 2 aromatic heterocycles. The van der Waals surface area contributed by atoms with Crippen molar-refractivity contribution >= 4 is 45.7 Å². The Kier molecular flexibility index (Phi) is 2.78. The molecule has 1 aliphatic carbocycles. The number of carbonyl (C=O) groups excluding carboxylic acids is 1. The Morgan fingerprint density at radius 2 is 2.08 bits per heavy atom. The summed E-state index contributed by atoms with van der Waals surface area (Å²) in [7, 11) is 0. The molecule has 118 valence electrons. The molecule has 2 heterocycles. The normalized spacial score (nSPS) is 14.5. The van der Waals surface area contributed by atoms with Crippen LogP contribution in [0.3, 0.4) is 0 Å². The molecule has 0 aliphatic heterocycles. The Labute approximate surface area is 142 Å². The van der Waals surface area contributed by atoms with E-state index in [-0.39, 0.29) is 5.91 Å². The lowest BCUT2D eigenvalue weighted by Crippen LogP contribution is -2.25. The van der Waals surface area contributed by atoms with Crippen LogP contribution in [0.15, 0.2) is 42.5 Å². The number of hydrogen-bond acceptors (Lipinski definition) is 3. The van der Waals surface area contributed by atoms with E-state index in [0.29, 0.717) is 16.4 Å². The van der Waals surface area contributed by atoms with Crippen LogP contribution in [-0.2, 0) is 0 Å². The van der Waals surface area contributed by atoms with Gasteiger partial charge in [-0.05, 0) is 55.4 Å². The maximum absolute atomic E-state index is 12.3.